The summed E-state index contributed by atoms with van der Waals surface area (Å²) < 4.78 is 14.6. The zero-order chi connectivity index (χ0) is 18.6. The molecule has 0 bridgehead atoms. The molecule has 2 rings (SSSR count). The first-order valence-corrected chi connectivity index (χ1v) is 8.64. The highest BCUT2D eigenvalue weighted by Gasteiger charge is 2.19. The van der Waals surface area contributed by atoms with Gasteiger partial charge in [0, 0.05) is 12.6 Å². The van der Waals surface area contributed by atoms with Crippen molar-refractivity contribution < 1.29 is 14.3 Å². The van der Waals surface area contributed by atoms with Crippen molar-refractivity contribution >= 4 is 5.91 Å². The molecule has 0 fully saturated rings. The number of halogens is 1. The summed E-state index contributed by atoms with van der Waals surface area (Å²) in [5.41, 5.74) is 2.03. The van der Waals surface area contributed by atoms with Crippen molar-refractivity contribution in [2.24, 2.45) is 0 Å². The number of aliphatic hydroxyl groups excluding tert-OH is 1. The number of carbonyl (C=O) groups is 1. The predicted octanol–water partition coefficient (Wildman–Crippen LogP) is 3.41. The Bertz CT molecular complexity index is 710. The number of aromatic nitrogens is 2. The van der Waals surface area contributed by atoms with Crippen molar-refractivity contribution in [3.05, 3.63) is 53.1 Å². The van der Waals surface area contributed by atoms with Crippen molar-refractivity contribution in [1.29, 1.82) is 0 Å². The van der Waals surface area contributed by atoms with Gasteiger partial charge >= 0.3 is 0 Å². The summed E-state index contributed by atoms with van der Waals surface area (Å²) in [6, 6.07) is 7.30. The first-order valence-electron chi connectivity index (χ1n) is 8.64. The number of rotatable bonds is 7. The highest BCUT2D eigenvalue weighted by atomic mass is 19.1. The highest BCUT2D eigenvalue weighted by molar-refractivity contribution is 5.92. The van der Waals surface area contributed by atoms with Crippen LogP contribution in [0.2, 0.25) is 0 Å². The van der Waals surface area contributed by atoms with E-state index in [0.717, 1.165) is 5.69 Å². The van der Waals surface area contributed by atoms with Crippen LogP contribution in [0.25, 0.3) is 0 Å². The maximum absolute atomic E-state index is 13.0. The van der Waals surface area contributed by atoms with Crippen LogP contribution in [-0.2, 0) is 6.54 Å². The van der Waals surface area contributed by atoms with Crippen LogP contribution in [0.4, 0.5) is 4.39 Å². The Hall–Kier alpha value is -2.21. The SMILES string of the molecule is CCn1nc(C(C)C)cc1C(=O)NC(C)CC(O)c1ccc(F)cc1. The molecule has 0 spiro atoms. The number of aryl methyl sites for hydroxylation is 1. The fourth-order valence-corrected chi connectivity index (χ4v) is 2.66. The molecule has 2 aromatic rings. The molecule has 0 aliphatic heterocycles. The molecule has 6 heteroatoms. The molecule has 1 aromatic heterocycles. The summed E-state index contributed by atoms with van der Waals surface area (Å²) in [5.74, 6) is -0.303. The van der Waals surface area contributed by atoms with E-state index in [1.807, 2.05) is 33.8 Å². The molecular formula is C19H26FN3O2. The molecule has 5 nitrogen and oxygen atoms in total. The van der Waals surface area contributed by atoms with E-state index in [1.54, 1.807) is 16.8 Å². The summed E-state index contributed by atoms with van der Waals surface area (Å²) >= 11 is 0. The molecule has 0 saturated heterocycles. The van der Waals surface area contributed by atoms with Crippen LogP contribution in [0.15, 0.2) is 30.3 Å². The standard InChI is InChI=1S/C19H26FN3O2/c1-5-23-17(11-16(22-23)12(2)3)19(25)21-13(4)10-18(24)14-6-8-15(20)9-7-14/h6-9,11-13,18,24H,5,10H2,1-4H3,(H,21,25). The summed E-state index contributed by atoms with van der Waals surface area (Å²) in [6.07, 6.45) is -0.424. The van der Waals surface area contributed by atoms with E-state index in [4.69, 9.17) is 0 Å². The van der Waals surface area contributed by atoms with Gasteiger partial charge in [-0.05, 0) is 49.9 Å². The molecule has 1 amide bonds. The van der Waals surface area contributed by atoms with E-state index >= 15 is 0 Å². The van der Waals surface area contributed by atoms with Gasteiger partial charge in [-0.3, -0.25) is 9.48 Å². The zero-order valence-corrected chi connectivity index (χ0v) is 15.2. The largest absolute Gasteiger partial charge is 0.388 e. The second kappa shape index (κ2) is 8.25. The number of benzene rings is 1. The van der Waals surface area contributed by atoms with Crippen molar-refractivity contribution in [1.82, 2.24) is 15.1 Å². The molecule has 0 aliphatic carbocycles. The van der Waals surface area contributed by atoms with E-state index in [-0.39, 0.29) is 23.7 Å². The number of hydrogen-bond acceptors (Lipinski definition) is 3. The van der Waals surface area contributed by atoms with Crippen LogP contribution in [0.5, 0.6) is 0 Å². The normalized spacial score (nSPS) is 13.7. The van der Waals surface area contributed by atoms with Crippen LogP contribution in [0.3, 0.4) is 0 Å². The molecular weight excluding hydrogens is 321 g/mol. The van der Waals surface area contributed by atoms with E-state index in [1.165, 1.54) is 12.1 Å². The monoisotopic (exact) mass is 347 g/mol. The van der Waals surface area contributed by atoms with Crippen LogP contribution >= 0.6 is 0 Å². The van der Waals surface area contributed by atoms with Crippen molar-refractivity contribution in [3.63, 3.8) is 0 Å². The van der Waals surface area contributed by atoms with Gasteiger partial charge in [-0.25, -0.2) is 4.39 Å². The molecule has 136 valence electrons. The quantitative estimate of drug-likeness (QED) is 0.806. The van der Waals surface area contributed by atoms with E-state index in [9.17, 15) is 14.3 Å². The maximum atomic E-state index is 13.0. The van der Waals surface area contributed by atoms with Gasteiger partial charge in [-0.15, -0.1) is 0 Å². The summed E-state index contributed by atoms with van der Waals surface area (Å²) in [4.78, 5) is 12.5. The number of amides is 1. The first kappa shape index (κ1) is 19.1. The van der Waals surface area contributed by atoms with Crippen LogP contribution in [0, 0.1) is 5.82 Å². The second-order valence-corrected chi connectivity index (χ2v) is 6.60. The Kier molecular flexibility index (Phi) is 6.31. The summed E-state index contributed by atoms with van der Waals surface area (Å²) in [5, 5.41) is 17.6. The Morgan fingerprint density at radius 1 is 1.28 bits per heavy atom. The number of hydrogen-bond donors (Lipinski definition) is 2. The van der Waals surface area contributed by atoms with Gasteiger partial charge in [0.2, 0.25) is 0 Å². The van der Waals surface area contributed by atoms with Crippen molar-refractivity contribution in [3.8, 4) is 0 Å². The van der Waals surface area contributed by atoms with Crippen LogP contribution in [0.1, 0.15) is 67.9 Å². The molecule has 0 radical (unpaired) electrons. The minimum absolute atomic E-state index is 0.208. The highest BCUT2D eigenvalue weighted by Crippen LogP contribution is 2.19. The number of carbonyl (C=O) groups excluding carboxylic acids is 1. The van der Waals surface area contributed by atoms with Gasteiger partial charge in [-0.2, -0.15) is 5.10 Å². The van der Waals surface area contributed by atoms with Gasteiger partial charge in [0.05, 0.1) is 11.8 Å². The third-order valence-electron chi connectivity index (χ3n) is 4.13. The fourth-order valence-electron chi connectivity index (χ4n) is 2.66. The Morgan fingerprint density at radius 2 is 1.92 bits per heavy atom. The average molecular weight is 347 g/mol. The molecule has 25 heavy (non-hydrogen) atoms. The van der Waals surface area contributed by atoms with Crippen molar-refractivity contribution in [2.75, 3.05) is 0 Å². The first-order chi connectivity index (χ1) is 11.8. The predicted molar refractivity (Wildman–Crippen MR) is 94.9 cm³/mol. The van der Waals surface area contributed by atoms with E-state index in [0.29, 0.717) is 24.2 Å². The number of nitrogens with zero attached hydrogens (tertiary/aromatic N) is 2. The lowest BCUT2D eigenvalue weighted by Crippen LogP contribution is -2.35. The minimum atomic E-state index is -0.766. The molecule has 0 aliphatic rings. The van der Waals surface area contributed by atoms with Gasteiger partial charge < -0.3 is 10.4 Å². The molecule has 2 N–H and O–H groups in total. The molecule has 2 atom stereocenters. The van der Waals surface area contributed by atoms with Crippen LogP contribution in [-0.4, -0.2) is 26.8 Å². The molecule has 0 saturated carbocycles. The lowest BCUT2D eigenvalue weighted by molar-refractivity contribution is 0.0906. The Morgan fingerprint density at radius 3 is 2.48 bits per heavy atom. The topological polar surface area (TPSA) is 67.2 Å². The zero-order valence-electron chi connectivity index (χ0n) is 15.2. The average Bonchev–Trinajstić information content (AvgIpc) is 3.00. The lowest BCUT2D eigenvalue weighted by atomic mass is 10.0. The van der Waals surface area contributed by atoms with Crippen LogP contribution < -0.4 is 5.32 Å². The third kappa shape index (κ3) is 4.89. The fraction of sp³-hybridized carbons (Fsp3) is 0.474. The molecule has 1 aromatic carbocycles. The number of aliphatic hydroxyl groups is 1. The Balaban J connectivity index is 2.01. The van der Waals surface area contributed by atoms with Gasteiger partial charge in [0.1, 0.15) is 11.5 Å². The van der Waals surface area contributed by atoms with Gasteiger partial charge in [0.15, 0.2) is 0 Å². The summed E-state index contributed by atoms with van der Waals surface area (Å²) in [6.45, 7) is 8.45. The number of nitrogens with one attached hydrogen (secondary N) is 1. The molecule has 2 unspecified atom stereocenters. The minimum Gasteiger partial charge on any atom is -0.388 e. The van der Waals surface area contributed by atoms with E-state index in [2.05, 4.69) is 10.4 Å². The smallest absolute Gasteiger partial charge is 0.269 e. The Labute approximate surface area is 147 Å². The maximum Gasteiger partial charge on any atom is 0.269 e. The molecule has 1 heterocycles. The van der Waals surface area contributed by atoms with E-state index < -0.39 is 6.10 Å². The second-order valence-electron chi connectivity index (χ2n) is 6.60. The van der Waals surface area contributed by atoms with Gasteiger partial charge in [-0.1, -0.05) is 26.0 Å². The van der Waals surface area contributed by atoms with Gasteiger partial charge in [0.25, 0.3) is 5.91 Å². The lowest BCUT2D eigenvalue weighted by Gasteiger charge is -2.18. The third-order valence-corrected chi connectivity index (χ3v) is 4.13. The summed E-state index contributed by atoms with van der Waals surface area (Å²) in [7, 11) is 0. The van der Waals surface area contributed by atoms with Crippen molar-refractivity contribution in [2.45, 2.75) is 58.7 Å².